The van der Waals surface area contributed by atoms with Crippen LogP contribution in [0.3, 0.4) is 0 Å². The maximum Gasteiger partial charge on any atom is 0.352 e. The molecule has 1 aromatic rings. The van der Waals surface area contributed by atoms with Crippen LogP contribution in [0.25, 0.3) is 0 Å². The van der Waals surface area contributed by atoms with Gasteiger partial charge in [0.1, 0.15) is 10.6 Å². The molecule has 0 amide bonds. The first-order chi connectivity index (χ1) is 8.32. The quantitative estimate of drug-likeness (QED) is 0.858. The smallest absolute Gasteiger partial charge is 0.352 e. The fourth-order valence-electron chi connectivity index (χ4n) is 2.07. The first-order valence-corrected chi connectivity index (χ1v) is 7.18. The Hall–Kier alpha value is -1.34. The summed E-state index contributed by atoms with van der Waals surface area (Å²) < 4.78 is 26.0. The van der Waals surface area contributed by atoms with E-state index < -0.39 is 16.0 Å². The van der Waals surface area contributed by atoms with Gasteiger partial charge in [-0.15, -0.1) is 0 Å². The molecule has 0 saturated carbocycles. The zero-order valence-corrected chi connectivity index (χ0v) is 11.1. The zero-order chi connectivity index (χ0) is 13.5. The van der Waals surface area contributed by atoms with Crippen LogP contribution in [0.15, 0.2) is 17.2 Å². The maximum atomic E-state index is 12.3. The number of hydrogen-bond donors (Lipinski definition) is 2. The summed E-state index contributed by atoms with van der Waals surface area (Å²) in [4.78, 5) is 13.2. The number of nitrogens with one attached hydrogen (secondary N) is 1. The molecule has 18 heavy (non-hydrogen) atoms. The molecule has 2 N–H and O–H groups in total. The number of nitrogens with zero attached hydrogens (tertiary/aromatic N) is 1. The van der Waals surface area contributed by atoms with Crippen molar-refractivity contribution in [3.8, 4) is 0 Å². The summed E-state index contributed by atoms with van der Waals surface area (Å²) in [5, 5.41) is 8.77. The minimum atomic E-state index is -3.58. The third-order valence-electron chi connectivity index (χ3n) is 3.48. The van der Waals surface area contributed by atoms with Gasteiger partial charge < -0.3 is 10.1 Å². The average Bonchev–Trinajstić information content (AvgIpc) is 2.87. The third kappa shape index (κ3) is 2.15. The van der Waals surface area contributed by atoms with Crippen LogP contribution in [-0.4, -0.2) is 41.9 Å². The Kier molecular flexibility index (Phi) is 3.20. The van der Waals surface area contributed by atoms with Crippen LogP contribution in [0.5, 0.6) is 0 Å². The van der Waals surface area contributed by atoms with Gasteiger partial charge in [-0.3, -0.25) is 0 Å². The normalized spacial score (nSPS) is 25.4. The van der Waals surface area contributed by atoms with E-state index in [1.807, 2.05) is 13.8 Å². The molecule has 0 radical (unpaired) electrons. The number of carboxylic acid groups (broad SMARTS) is 1. The molecule has 7 heteroatoms. The fraction of sp³-hybridized carbons (Fsp3) is 0.545. The summed E-state index contributed by atoms with van der Waals surface area (Å²) in [7, 11) is -3.58. The van der Waals surface area contributed by atoms with Crippen LogP contribution < -0.4 is 0 Å². The second kappa shape index (κ2) is 4.40. The second-order valence-electron chi connectivity index (χ2n) is 4.83. The van der Waals surface area contributed by atoms with Gasteiger partial charge in [-0.25, -0.2) is 13.2 Å². The summed E-state index contributed by atoms with van der Waals surface area (Å²) in [5.74, 6) is -0.532. The minimum Gasteiger partial charge on any atom is -0.477 e. The Bertz CT molecular complexity index is 553. The van der Waals surface area contributed by atoms with E-state index in [9.17, 15) is 13.2 Å². The fourth-order valence-corrected chi connectivity index (χ4v) is 3.70. The SMILES string of the molecule is CC1CN(S(=O)(=O)c2c[nH]c(C(=O)O)c2)CC1C. The highest BCUT2D eigenvalue weighted by atomic mass is 32.2. The number of hydrogen-bond acceptors (Lipinski definition) is 3. The predicted molar refractivity (Wildman–Crippen MR) is 64.8 cm³/mol. The molecule has 1 saturated heterocycles. The Morgan fingerprint density at radius 1 is 1.39 bits per heavy atom. The molecule has 1 fully saturated rings. The number of H-pyrrole nitrogens is 1. The lowest BCUT2D eigenvalue weighted by Crippen LogP contribution is -2.28. The van der Waals surface area contributed by atoms with Crippen molar-refractivity contribution >= 4 is 16.0 Å². The van der Waals surface area contributed by atoms with E-state index in [-0.39, 0.29) is 10.6 Å². The number of aromatic amines is 1. The zero-order valence-electron chi connectivity index (χ0n) is 10.3. The Labute approximate surface area is 106 Å². The summed E-state index contributed by atoms with van der Waals surface area (Å²) >= 11 is 0. The molecule has 2 unspecified atom stereocenters. The van der Waals surface area contributed by atoms with Crippen molar-refractivity contribution in [1.29, 1.82) is 0 Å². The number of sulfonamides is 1. The van der Waals surface area contributed by atoms with Crippen molar-refractivity contribution in [1.82, 2.24) is 9.29 Å². The Morgan fingerprint density at radius 3 is 2.39 bits per heavy atom. The lowest BCUT2D eigenvalue weighted by atomic mass is 10.0. The number of aromatic carboxylic acids is 1. The van der Waals surface area contributed by atoms with Crippen molar-refractivity contribution in [2.24, 2.45) is 11.8 Å². The Morgan fingerprint density at radius 2 is 1.94 bits per heavy atom. The van der Waals surface area contributed by atoms with E-state index in [4.69, 9.17) is 5.11 Å². The molecule has 6 nitrogen and oxygen atoms in total. The molecule has 0 aliphatic carbocycles. The van der Waals surface area contributed by atoms with E-state index in [2.05, 4.69) is 4.98 Å². The number of carbonyl (C=O) groups is 1. The standard InChI is InChI=1S/C11H16N2O4S/c1-7-5-13(6-8(7)2)18(16,17)9-3-10(11(14)15)12-4-9/h3-4,7-8,12H,5-6H2,1-2H3,(H,14,15). The summed E-state index contributed by atoms with van der Waals surface area (Å²) in [5.41, 5.74) is -0.117. The van der Waals surface area contributed by atoms with Gasteiger partial charge in [-0.2, -0.15) is 4.31 Å². The number of rotatable bonds is 3. The van der Waals surface area contributed by atoms with Crippen molar-refractivity contribution in [3.05, 3.63) is 18.0 Å². The summed E-state index contributed by atoms with van der Waals surface area (Å²) in [6.07, 6.45) is 1.23. The molecular formula is C11H16N2O4S. The van der Waals surface area contributed by atoms with Gasteiger partial charge >= 0.3 is 5.97 Å². The van der Waals surface area contributed by atoms with Gasteiger partial charge in [-0.05, 0) is 17.9 Å². The Balaban J connectivity index is 2.28. The van der Waals surface area contributed by atoms with Gasteiger partial charge in [0.05, 0.1) is 0 Å². The lowest BCUT2D eigenvalue weighted by molar-refractivity contribution is 0.0691. The van der Waals surface area contributed by atoms with Crippen LogP contribution in [0.2, 0.25) is 0 Å². The van der Waals surface area contributed by atoms with E-state index in [0.29, 0.717) is 24.9 Å². The van der Waals surface area contributed by atoms with Crippen molar-refractivity contribution in [2.45, 2.75) is 18.7 Å². The lowest BCUT2D eigenvalue weighted by Gasteiger charge is -2.14. The maximum absolute atomic E-state index is 12.3. The van der Waals surface area contributed by atoms with Crippen LogP contribution in [0, 0.1) is 11.8 Å². The monoisotopic (exact) mass is 272 g/mol. The molecule has 2 rings (SSSR count). The molecule has 0 spiro atoms. The molecule has 1 aliphatic heterocycles. The largest absolute Gasteiger partial charge is 0.477 e. The average molecular weight is 272 g/mol. The summed E-state index contributed by atoms with van der Waals surface area (Å²) in [6.45, 7) is 4.99. The molecule has 1 aromatic heterocycles. The molecule has 2 atom stereocenters. The van der Waals surface area contributed by atoms with Crippen LogP contribution in [0.1, 0.15) is 24.3 Å². The van der Waals surface area contributed by atoms with Gasteiger partial charge in [-0.1, -0.05) is 13.8 Å². The van der Waals surface area contributed by atoms with Gasteiger partial charge in [0.15, 0.2) is 0 Å². The highest BCUT2D eigenvalue weighted by Crippen LogP contribution is 2.28. The minimum absolute atomic E-state index is 0.0150. The molecule has 1 aliphatic rings. The highest BCUT2D eigenvalue weighted by molar-refractivity contribution is 7.89. The number of aromatic nitrogens is 1. The first kappa shape index (κ1) is 13.1. The molecule has 2 heterocycles. The van der Waals surface area contributed by atoms with Crippen molar-refractivity contribution in [3.63, 3.8) is 0 Å². The molecule has 0 aromatic carbocycles. The molecule has 100 valence electrons. The van der Waals surface area contributed by atoms with Crippen molar-refractivity contribution < 1.29 is 18.3 Å². The highest BCUT2D eigenvalue weighted by Gasteiger charge is 2.35. The van der Waals surface area contributed by atoms with E-state index >= 15 is 0 Å². The van der Waals surface area contributed by atoms with Gasteiger partial charge in [0.2, 0.25) is 10.0 Å². The molecule has 0 bridgehead atoms. The van der Waals surface area contributed by atoms with Crippen molar-refractivity contribution in [2.75, 3.05) is 13.1 Å². The number of carboxylic acids is 1. The van der Waals surface area contributed by atoms with Crippen LogP contribution >= 0.6 is 0 Å². The van der Waals surface area contributed by atoms with E-state index in [1.165, 1.54) is 10.5 Å². The third-order valence-corrected chi connectivity index (χ3v) is 5.29. The predicted octanol–water partition coefficient (Wildman–Crippen LogP) is 0.989. The van der Waals surface area contributed by atoms with E-state index in [0.717, 1.165) is 6.07 Å². The van der Waals surface area contributed by atoms with Crippen LogP contribution in [0.4, 0.5) is 0 Å². The second-order valence-corrected chi connectivity index (χ2v) is 6.77. The van der Waals surface area contributed by atoms with Gasteiger partial charge in [0, 0.05) is 19.3 Å². The summed E-state index contributed by atoms with van der Waals surface area (Å²) in [6, 6.07) is 1.16. The topological polar surface area (TPSA) is 90.5 Å². The van der Waals surface area contributed by atoms with Gasteiger partial charge in [0.25, 0.3) is 0 Å². The van der Waals surface area contributed by atoms with E-state index in [1.54, 1.807) is 0 Å². The first-order valence-electron chi connectivity index (χ1n) is 5.74. The molecular weight excluding hydrogens is 256 g/mol. The van der Waals surface area contributed by atoms with Crippen LogP contribution in [-0.2, 0) is 10.0 Å².